The number of rotatable bonds is 7. The van der Waals surface area contributed by atoms with Gasteiger partial charge in [-0.15, -0.1) is 0 Å². The smallest absolute Gasteiger partial charge is 0.354 e. The van der Waals surface area contributed by atoms with Crippen LogP contribution in [-0.2, 0) is 9.53 Å². The van der Waals surface area contributed by atoms with Crippen molar-refractivity contribution in [2.24, 2.45) is 0 Å². The molecular formula is C12H15N3O5. The number of nitrogens with zero attached hydrogens (tertiary/aromatic N) is 1. The van der Waals surface area contributed by atoms with Crippen LogP contribution in [0, 0.1) is 0 Å². The summed E-state index contributed by atoms with van der Waals surface area (Å²) in [5.41, 5.74) is 0.0264. The van der Waals surface area contributed by atoms with Gasteiger partial charge in [-0.25, -0.2) is 9.78 Å². The predicted octanol–water partition coefficient (Wildman–Crippen LogP) is -0.728. The zero-order chi connectivity index (χ0) is 15.0. The highest BCUT2D eigenvalue weighted by Crippen LogP contribution is 2.00. The maximum Gasteiger partial charge on any atom is 0.354 e. The molecule has 2 amide bonds. The largest absolute Gasteiger partial charge is 0.477 e. The highest BCUT2D eigenvalue weighted by atomic mass is 16.5. The van der Waals surface area contributed by atoms with Crippen LogP contribution in [0.3, 0.4) is 0 Å². The highest BCUT2D eigenvalue weighted by Gasteiger charge is 2.10. The first kappa shape index (κ1) is 15.6. The van der Waals surface area contributed by atoms with Gasteiger partial charge in [0.1, 0.15) is 5.69 Å². The summed E-state index contributed by atoms with van der Waals surface area (Å²) in [5, 5.41) is 13.6. The fourth-order valence-corrected chi connectivity index (χ4v) is 1.27. The molecule has 0 aromatic carbocycles. The number of aromatic carboxylic acids is 1. The molecule has 0 aliphatic heterocycles. The van der Waals surface area contributed by atoms with Crippen LogP contribution < -0.4 is 10.6 Å². The summed E-state index contributed by atoms with van der Waals surface area (Å²) in [7, 11) is 1.52. The van der Waals surface area contributed by atoms with Crippen LogP contribution in [0.4, 0.5) is 0 Å². The first-order chi connectivity index (χ1) is 9.54. The van der Waals surface area contributed by atoms with Crippen molar-refractivity contribution in [2.45, 2.75) is 0 Å². The van der Waals surface area contributed by atoms with Crippen molar-refractivity contribution in [3.05, 3.63) is 29.6 Å². The number of methoxy groups -OCH3 is 1. The van der Waals surface area contributed by atoms with Gasteiger partial charge in [-0.3, -0.25) is 9.59 Å². The molecule has 1 aromatic rings. The van der Waals surface area contributed by atoms with Gasteiger partial charge in [0.15, 0.2) is 0 Å². The molecule has 8 heteroatoms. The summed E-state index contributed by atoms with van der Waals surface area (Å²) in [6.45, 7) is 0.573. The minimum Gasteiger partial charge on any atom is -0.477 e. The Labute approximate surface area is 115 Å². The lowest BCUT2D eigenvalue weighted by Crippen LogP contribution is -2.38. The maximum atomic E-state index is 11.7. The molecular weight excluding hydrogens is 266 g/mol. The van der Waals surface area contributed by atoms with Crippen LogP contribution >= 0.6 is 0 Å². The number of hydrogen-bond donors (Lipinski definition) is 3. The van der Waals surface area contributed by atoms with E-state index in [0.717, 1.165) is 6.20 Å². The summed E-state index contributed by atoms with van der Waals surface area (Å²) in [4.78, 5) is 37.2. The minimum atomic E-state index is -1.17. The summed E-state index contributed by atoms with van der Waals surface area (Å²) in [6, 6.07) is 2.55. The Morgan fingerprint density at radius 2 is 2.05 bits per heavy atom. The van der Waals surface area contributed by atoms with E-state index in [1.807, 2.05) is 0 Å². The van der Waals surface area contributed by atoms with Gasteiger partial charge in [0.25, 0.3) is 5.91 Å². The SMILES string of the molecule is COCCNC(=O)CNC(=O)c1ccc(C(=O)O)nc1. The number of carboxylic acids is 1. The molecule has 20 heavy (non-hydrogen) atoms. The van der Waals surface area contributed by atoms with Gasteiger partial charge in [0, 0.05) is 19.9 Å². The Morgan fingerprint density at radius 1 is 1.30 bits per heavy atom. The van der Waals surface area contributed by atoms with Crippen molar-refractivity contribution in [3.8, 4) is 0 Å². The van der Waals surface area contributed by atoms with Crippen molar-refractivity contribution in [3.63, 3.8) is 0 Å². The summed E-state index contributed by atoms with van der Waals surface area (Å²) < 4.78 is 4.76. The van der Waals surface area contributed by atoms with Crippen LogP contribution in [0.5, 0.6) is 0 Å². The van der Waals surface area contributed by atoms with E-state index in [4.69, 9.17) is 9.84 Å². The summed E-state index contributed by atoms with van der Waals surface area (Å²) >= 11 is 0. The lowest BCUT2D eigenvalue weighted by molar-refractivity contribution is -0.120. The van der Waals surface area contributed by atoms with Crippen LogP contribution in [0.2, 0.25) is 0 Å². The minimum absolute atomic E-state index is 0.154. The average Bonchev–Trinajstić information content (AvgIpc) is 2.45. The fourth-order valence-electron chi connectivity index (χ4n) is 1.27. The molecule has 1 aromatic heterocycles. The third-order valence-corrected chi connectivity index (χ3v) is 2.28. The number of aromatic nitrogens is 1. The van der Waals surface area contributed by atoms with E-state index < -0.39 is 11.9 Å². The van der Waals surface area contributed by atoms with Crippen molar-refractivity contribution in [2.75, 3.05) is 26.8 Å². The molecule has 0 aliphatic rings. The van der Waals surface area contributed by atoms with E-state index in [1.165, 1.54) is 19.2 Å². The van der Waals surface area contributed by atoms with Crippen molar-refractivity contribution in [1.82, 2.24) is 15.6 Å². The quantitative estimate of drug-likeness (QED) is 0.567. The number of pyridine rings is 1. The van der Waals surface area contributed by atoms with Crippen molar-refractivity contribution < 1.29 is 24.2 Å². The van der Waals surface area contributed by atoms with Gasteiger partial charge >= 0.3 is 5.97 Å². The number of ether oxygens (including phenoxy) is 1. The Bertz CT molecular complexity index is 486. The molecule has 1 heterocycles. The molecule has 3 N–H and O–H groups in total. The second kappa shape index (κ2) is 7.85. The fraction of sp³-hybridized carbons (Fsp3) is 0.333. The lowest BCUT2D eigenvalue weighted by atomic mass is 10.2. The predicted molar refractivity (Wildman–Crippen MR) is 68.4 cm³/mol. The zero-order valence-electron chi connectivity index (χ0n) is 10.9. The molecule has 108 valence electrons. The standard InChI is InChI=1S/C12H15N3O5/c1-20-5-4-13-10(16)7-15-11(17)8-2-3-9(12(18)19)14-6-8/h2-3,6H,4-5,7H2,1H3,(H,13,16)(H,15,17)(H,18,19). The highest BCUT2D eigenvalue weighted by molar-refractivity contribution is 5.96. The van der Waals surface area contributed by atoms with Gasteiger partial charge in [-0.2, -0.15) is 0 Å². The molecule has 8 nitrogen and oxygen atoms in total. The Hall–Kier alpha value is -2.48. The first-order valence-corrected chi connectivity index (χ1v) is 5.77. The molecule has 0 saturated carbocycles. The topological polar surface area (TPSA) is 118 Å². The molecule has 0 saturated heterocycles. The molecule has 0 atom stereocenters. The average molecular weight is 281 g/mol. The Kier molecular flexibility index (Phi) is 6.11. The van der Waals surface area contributed by atoms with Crippen LogP contribution in [-0.4, -0.2) is 54.7 Å². The second-order valence-corrected chi connectivity index (χ2v) is 3.76. The van der Waals surface area contributed by atoms with Gasteiger partial charge < -0.3 is 20.5 Å². The zero-order valence-corrected chi connectivity index (χ0v) is 10.9. The third-order valence-electron chi connectivity index (χ3n) is 2.28. The number of nitrogens with one attached hydrogen (secondary N) is 2. The Balaban J connectivity index is 2.42. The number of carbonyl (C=O) groups is 3. The van der Waals surface area contributed by atoms with Crippen LogP contribution in [0.25, 0.3) is 0 Å². The van der Waals surface area contributed by atoms with Gasteiger partial charge in [-0.1, -0.05) is 0 Å². The molecule has 0 bridgehead atoms. The summed E-state index contributed by atoms with van der Waals surface area (Å²) in [5.74, 6) is -2.02. The number of carbonyl (C=O) groups excluding carboxylic acids is 2. The van der Waals surface area contributed by atoms with E-state index in [-0.39, 0.29) is 23.7 Å². The van der Waals surface area contributed by atoms with Crippen molar-refractivity contribution >= 4 is 17.8 Å². The van der Waals surface area contributed by atoms with Crippen LogP contribution in [0.15, 0.2) is 18.3 Å². The monoisotopic (exact) mass is 281 g/mol. The summed E-state index contributed by atoms with van der Waals surface area (Å²) in [6.07, 6.45) is 1.14. The maximum absolute atomic E-state index is 11.7. The molecule has 0 fully saturated rings. The molecule has 0 aliphatic carbocycles. The lowest BCUT2D eigenvalue weighted by Gasteiger charge is -2.06. The number of carboxylic acid groups (broad SMARTS) is 1. The third kappa shape index (κ3) is 5.02. The van der Waals surface area contributed by atoms with Gasteiger partial charge in [-0.05, 0) is 12.1 Å². The van der Waals surface area contributed by atoms with E-state index in [9.17, 15) is 14.4 Å². The molecule has 0 radical (unpaired) electrons. The van der Waals surface area contributed by atoms with Gasteiger partial charge in [0.05, 0.1) is 18.7 Å². The number of hydrogen-bond acceptors (Lipinski definition) is 5. The molecule has 0 spiro atoms. The molecule has 1 rings (SSSR count). The number of amides is 2. The second-order valence-electron chi connectivity index (χ2n) is 3.76. The van der Waals surface area contributed by atoms with E-state index in [0.29, 0.717) is 13.2 Å². The normalized spacial score (nSPS) is 9.85. The van der Waals surface area contributed by atoms with Crippen LogP contribution in [0.1, 0.15) is 20.8 Å². The Morgan fingerprint density at radius 3 is 2.60 bits per heavy atom. The van der Waals surface area contributed by atoms with E-state index in [2.05, 4.69) is 15.6 Å². The molecule has 0 unspecified atom stereocenters. The van der Waals surface area contributed by atoms with Gasteiger partial charge in [0.2, 0.25) is 5.91 Å². The van der Waals surface area contributed by atoms with E-state index >= 15 is 0 Å². The van der Waals surface area contributed by atoms with E-state index in [1.54, 1.807) is 0 Å². The van der Waals surface area contributed by atoms with Crippen molar-refractivity contribution in [1.29, 1.82) is 0 Å². The first-order valence-electron chi connectivity index (χ1n) is 5.77.